The molecule has 1 rings (SSSR count). The number of aliphatic hydroxyl groups is 1. The maximum atomic E-state index is 9.68. The Morgan fingerprint density at radius 1 is 1.50 bits per heavy atom. The van der Waals surface area contributed by atoms with Crippen LogP contribution in [0.25, 0.3) is 0 Å². The van der Waals surface area contributed by atoms with Gasteiger partial charge in [-0.3, -0.25) is 0 Å². The molecule has 0 aliphatic rings. The molecule has 0 radical (unpaired) electrons. The van der Waals surface area contributed by atoms with Gasteiger partial charge < -0.3 is 15.9 Å². The van der Waals surface area contributed by atoms with E-state index in [0.29, 0.717) is 17.0 Å². The van der Waals surface area contributed by atoms with Crippen molar-refractivity contribution < 1.29 is 10.2 Å². The van der Waals surface area contributed by atoms with E-state index in [-0.39, 0.29) is 11.4 Å². The number of benzene rings is 1. The van der Waals surface area contributed by atoms with Crippen LogP contribution in [0, 0.1) is 0 Å². The van der Waals surface area contributed by atoms with Crippen molar-refractivity contribution >= 4 is 17.3 Å². The van der Waals surface area contributed by atoms with Crippen LogP contribution in [0.2, 0.25) is 5.02 Å². The molecule has 3 nitrogen and oxygen atoms in total. The first kappa shape index (κ1) is 11.1. The molecule has 14 heavy (non-hydrogen) atoms. The lowest BCUT2D eigenvalue weighted by atomic mass is 10.0. The van der Waals surface area contributed by atoms with Crippen LogP contribution in [-0.2, 0) is 0 Å². The average Bonchev–Trinajstić information content (AvgIpc) is 2.11. The summed E-state index contributed by atoms with van der Waals surface area (Å²) in [5.74, 6) is -0.0737. The number of rotatable bonds is 3. The van der Waals surface area contributed by atoms with E-state index in [1.54, 1.807) is 0 Å². The Morgan fingerprint density at radius 3 is 2.71 bits per heavy atom. The molecule has 0 amide bonds. The van der Waals surface area contributed by atoms with E-state index in [4.69, 9.17) is 17.3 Å². The second kappa shape index (κ2) is 4.53. The highest BCUT2D eigenvalue weighted by Crippen LogP contribution is 2.34. The van der Waals surface area contributed by atoms with Crippen LogP contribution in [0.15, 0.2) is 12.1 Å². The summed E-state index contributed by atoms with van der Waals surface area (Å²) < 4.78 is 0. The van der Waals surface area contributed by atoms with Gasteiger partial charge in [0.2, 0.25) is 0 Å². The van der Waals surface area contributed by atoms with Crippen LogP contribution < -0.4 is 5.73 Å². The van der Waals surface area contributed by atoms with Crippen LogP contribution >= 0.6 is 11.6 Å². The zero-order valence-electron chi connectivity index (χ0n) is 8.00. The molecule has 0 saturated carbocycles. The van der Waals surface area contributed by atoms with Crippen molar-refractivity contribution in [1.82, 2.24) is 0 Å². The van der Waals surface area contributed by atoms with Crippen LogP contribution in [-0.4, -0.2) is 10.2 Å². The Hall–Kier alpha value is -0.930. The predicted molar refractivity (Wildman–Crippen MR) is 57.4 cm³/mol. The molecule has 0 bridgehead atoms. The van der Waals surface area contributed by atoms with Crippen LogP contribution in [0.1, 0.15) is 31.4 Å². The largest absolute Gasteiger partial charge is 0.505 e. The number of phenolic OH excluding ortho intramolecular Hbond substituents is 1. The molecular formula is C10H14ClNO2. The second-order valence-corrected chi connectivity index (χ2v) is 3.67. The molecule has 0 heterocycles. The fraction of sp³-hybridized carbons (Fsp3) is 0.400. The highest BCUT2D eigenvalue weighted by molar-refractivity contribution is 6.31. The number of nitrogens with two attached hydrogens (primary N) is 1. The molecule has 0 aliphatic heterocycles. The summed E-state index contributed by atoms with van der Waals surface area (Å²) in [6.07, 6.45) is 0.696. The summed E-state index contributed by atoms with van der Waals surface area (Å²) in [5, 5.41) is 19.7. The van der Waals surface area contributed by atoms with Crippen molar-refractivity contribution in [3.05, 3.63) is 22.7 Å². The zero-order valence-corrected chi connectivity index (χ0v) is 8.75. The topological polar surface area (TPSA) is 66.5 Å². The number of hydrogen-bond donors (Lipinski definition) is 3. The summed E-state index contributed by atoms with van der Waals surface area (Å²) in [5.41, 5.74) is 6.11. The minimum Gasteiger partial charge on any atom is -0.505 e. The summed E-state index contributed by atoms with van der Waals surface area (Å²) in [4.78, 5) is 0. The van der Waals surface area contributed by atoms with E-state index < -0.39 is 6.10 Å². The molecule has 0 saturated heterocycles. The maximum Gasteiger partial charge on any atom is 0.144 e. The lowest BCUT2D eigenvalue weighted by molar-refractivity contribution is 0.163. The van der Waals surface area contributed by atoms with Gasteiger partial charge in [-0.05, 0) is 18.6 Å². The van der Waals surface area contributed by atoms with E-state index in [0.717, 1.165) is 6.42 Å². The van der Waals surface area contributed by atoms with Crippen LogP contribution in [0.5, 0.6) is 5.75 Å². The molecule has 1 atom stereocenters. The number of halogens is 1. The minimum absolute atomic E-state index is 0.0737. The van der Waals surface area contributed by atoms with E-state index in [2.05, 4.69) is 0 Å². The van der Waals surface area contributed by atoms with Crippen molar-refractivity contribution in [2.24, 2.45) is 0 Å². The molecule has 78 valence electrons. The second-order valence-electron chi connectivity index (χ2n) is 3.24. The fourth-order valence-corrected chi connectivity index (χ4v) is 1.56. The van der Waals surface area contributed by atoms with Gasteiger partial charge in [-0.1, -0.05) is 24.9 Å². The predicted octanol–water partition coefficient (Wildman–Crippen LogP) is 2.46. The van der Waals surface area contributed by atoms with Crippen molar-refractivity contribution in [3.8, 4) is 5.75 Å². The van der Waals surface area contributed by atoms with E-state index in [1.807, 2.05) is 6.92 Å². The quantitative estimate of drug-likeness (QED) is 0.536. The monoisotopic (exact) mass is 215 g/mol. The van der Waals surface area contributed by atoms with Crippen molar-refractivity contribution in [3.63, 3.8) is 0 Å². The lowest BCUT2D eigenvalue weighted by Crippen LogP contribution is -1.99. The standard InChI is InChI=1S/C10H14ClNO2/c1-2-3-9(13)7-4-6(11)5-8(12)10(7)14/h4-5,9,13-14H,2-3,12H2,1H3. The maximum absolute atomic E-state index is 9.68. The Kier molecular flexibility index (Phi) is 3.61. The molecule has 0 spiro atoms. The third kappa shape index (κ3) is 2.30. The molecule has 1 aromatic rings. The molecule has 0 fully saturated rings. The van der Waals surface area contributed by atoms with Crippen LogP contribution in [0.3, 0.4) is 0 Å². The van der Waals surface area contributed by atoms with Gasteiger partial charge in [-0.2, -0.15) is 0 Å². The summed E-state index contributed by atoms with van der Waals surface area (Å²) >= 11 is 5.76. The van der Waals surface area contributed by atoms with Gasteiger partial charge in [-0.25, -0.2) is 0 Å². The van der Waals surface area contributed by atoms with Gasteiger partial charge in [0.1, 0.15) is 5.75 Å². The summed E-state index contributed by atoms with van der Waals surface area (Å²) in [6, 6.07) is 2.99. The SMILES string of the molecule is CCCC(O)c1cc(Cl)cc(N)c1O. The zero-order chi connectivity index (χ0) is 10.7. The number of aromatic hydroxyl groups is 1. The molecule has 1 aromatic carbocycles. The first-order valence-corrected chi connectivity index (χ1v) is 4.90. The normalized spacial score (nSPS) is 12.8. The third-order valence-electron chi connectivity index (χ3n) is 2.05. The Balaban J connectivity index is 3.07. The van der Waals surface area contributed by atoms with Crippen LogP contribution in [0.4, 0.5) is 5.69 Å². The third-order valence-corrected chi connectivity index (χ3v) is 2.27. The summed E-state index contributed by atoms with van der Waals surface area (Å²) in [7, 11) is 0. The number of aliphatic hydroxyl groups excluding tert-OH is 1. The van der Waals surface area contributed by atoms with Gasteiger partial charge in [0.05, 0.1) is 11.8 Å². The fourth-order valence-electron chi connectivity index (χ4n) is 1.33. The lowest BCUT2D eigenvalue weighted by Gasteiger charge is -2.13. The van der Waals surface area contributed by atoms with Gasteiger partial charge in [0.15, 0.2) is 0 Å². The number of phenols is 1. The number of hydrogen-bond acceptors (Lipinski definition) is 3. The molecule has 4 N–H and O–H groups in total. The van der Waals surface area contributed by atoms with Crippen molar-refractivity contribution in [2.75, 3.05) is 5.73 Å². The molecule has 0 aromatic heterocycles. The average molecular weight is 216 g/mol. The van der Waals surface area contributed by atoms with E-state index in [1.165, 1.54) is 12.1 Å². The first-order valence-electron chi connectivity index (χ1n) is 4.52. The van der Waals surface area contributed by atoms with E-state index >= 15 is 0 Å². The smallest absolute Gasteiger partial charge is 0.144 e. The Bertz CT molecular complexity index is 328. The van der Waals surface area contributed by atoms with Gasteiger partial charge >= 0.3 is 0 Å². The number of anilines is 1. The van der Waals surface area contributed by atoms with Crippen molar-refractivity contribution in [1.29, 1.82) is 0 Å². The Labute approximate surface area is 88.1 Å². The summed E-state index contributed by atoms with van der Waals surface area (Å²) in [6.45, 7) is 1.95. The molecule has 1 unspecified atom stereocenters. The van der Waals surface area contributed by atoms with Crippen molar-refractivity contribution in [2.45, 2.75) is 25.9 Å². The minimum atomic E-state index is -0.707. The van der Waals surface area contributed by atoms with Gasteiger partial charge in [0.25, 0.3) is 0 Å². The Morgan fingerprint density at radius 2 is 2.14 bits per heavy atom. The number of nitrogen functional groups attached to an aromatic ring is 1. The highest BCUT2D eigenvalue weighted by Gasteiger charge is 2.14. The van der Waals surface area contributed by atoms with Gasteiger partial charge in [-0.15, -0.1) is 0 Å². The van der Waals surface area contributed by atoms with Gasteiger partial charge in [0, 0.05) is 10.6 Å². The molecule has 0 aliphatic carbocycles. The molecule has 4 heteroatoms. The highest BCUT2D eigenvalue weighted by atomic mass is 35.5. The van der Waals surface area contributed by atoms with E-state index in [9.17, 15) is 10.2 Å². The molecular weight excluding hydrogens is 202 g/mol. The first-order chi connectivity index (χ1) is 6.56.